The van der Waals surface area contributed by atoms with Crippen LogP contribution >= 0.6 is 0 Å². The number of hydrogen-bond acceptors (Lipinski definition) is 5. The van der Waals surface area contributed by atoms with E-state index in [1.807, 2.05) is 0 Å². The molecular formula is C33H50O5. The Kier molecular flexibility index (Phi) is 6.56. The quantitative estimate of drug-likeness (QED) is 0.293. The Morgan fingerprint density at radius 2 is 1.61 bits per heavy atom. The zero-order chi connectivity index (χ0) is 27.9. The van der Waals surface area contributed by atoms with Crippen molar-refractivity contribution in [1.29, 1.82) is 0 Å². The first-order valence-corrected chi connectivity index (χ1v) is 15.1. The van der Waals surface area contributed by atoms with E-state index in [0.717, 1.165) is 57.8 Å². The molecule has 5 nitrogen and oxygen atoms in total. The number of methoxy groups -OCH3 is 1. The van der Waals surface area contributed by atoms with Crippen LogP contribution in [0.2, 0.25) is 0 Å². The highest BCUT2D eigenvalue weighted by atomic mass is 16.5. The van der Waals surface area contributed by atoms with Crippen LogP contribution in [-0.4, -0.2) is 31.4 Å². The van der Waals surface area contributed by atoms with Crippen LogP contribution < -0.4 is 0 Å². The average Bonchev–Trinajstić information content (AvgIpc) is 3.26. The number of hydrogen-bond donors (Lipinski definition) is 0. The van der Waals surface area contributed by atoms with E-state index < -0.39 is 5.41 Å². The Labute approximate surface area is 229 Å². The third-order valence-electron chi connectivity index (χ3n) is 13.8. The highest BCUT2D eigenvalue weighted by molar-refractivity contribution is 5.86. The standard InChI is InChI=1S/C33H50O5/c1-20(2)22-11-16-33(28(36)37-8)18-17-31(6)23(27(22)33)9-10-25-29(4)14-13-26(35)30(5,19-38-21(3)34)24(29)12-15-32(25,31)7/h22-25,27H,1,9-19H2,2-8H3/t22-,23?,24+,25+,27+,29-,30-,31+,32+,33-/m0/s1. The molecule has 0 spiro atoms. The van der Waals surface area contributed by atoms with Gasteiger partial charge in [-0.25, -0.2) is 0 Å². The van der Waals surface area contributed by atoms with Gasteiger partial charge in [0, 0.05) is 13.3 Å². The van der Waals surface area contributed by atoms with Gasteiger partial charge in [-0.3, -0.25) is 14.4 Å². The second-order valence-corrected chi connectivity index (χ2v) is 15.0. The number of esters is 2. The predicted molar refractivity (Wildman–Crippen MR) is 147 cm³/mol. The van der Waals surface area contributed by atoms with E-state index in [4.69, 9.17) is 9.47 Å². The molecule has 212 valence electrons. The SMILES string of the molecule is C=C(C)[C@@H]1CC[C@]2(C(=O)OC)CC[C@]3(C)C(CC[C@@H]4[C@@]5(C)CCC(=O)[C@@](C)(COC(C)=O)[C@@H]5CC[C@]43C)[C@@H]12. The van der Waals surface area contributed by atoms with Gasteiger partial charge in [0.1, 0.15) is 12.4 Å². The molecule has 5 saturated carbocycles. The van der Waals surface area contributed by atoms with E-state index in [0.29, 0.717) is 30.1 Å². The summed E-state index contributed by atoms with van der Waals surface area (Å²) in [5.41, 5.74) is 0.532. The summed E-state index contributed by atoms with van der Waals surface area (Å²) in [7, 11) is 1.56. The first kappa shape index (κ1) is 27.9. The summed E-state index contributed by atoms with van der Waals surface area (Å²) in [6, 6.07) is 0. The minimum absolute atomic E-state index is 0.00303. The number of ether oxygens (including phenoxy) is 2. The zero-order valence-electron chi connectivity index (χ0n) is 24.9. The van der Waals surface area contributed by atoms with Gasteiger partial charge in [0.15, 0.2) is 0 Å². The van der Waals surface area contributed by atoms with Crippen molar-refractivity contribution < 1.29 is 23.9 Å². The third kappa shape index (κ3) is 3.44. The number of rotatable bonds is 4. The monoisotopic (exact) mass is 526 g/mol. The topological polar surface area (TPSA) is 69.7 Å². The number of fused-ring (bicyclic) bond motifs is 7. The lowest BCUT2D eigenvalue weighted by molar-refractivity contribution is -0.239. The molecule has 0 bridgehead atoms. The van der Waals surface area contributed by atoms with E-state index in [-0.39, 0.29) is 51.9 Å². The van der Waals surface area contributed by atoms with Crippen LogP contribution in [0.4, 0.5) is 0 Å². The second-order valence-electron chi connectivity index (χ2n) is 15.0. The predicted octanol–water partition coefficient (Wildman–Crippen LogP) is 6.93. The lowest BCUT2D eigenvalue weighted by atomic mass is 9.32. The summed E-state index contributed by atoms with van der Waals surface area (Å²) in [5, 5.41) is 0. The molecule has 0 amide bonds. The van der Waals surface area contributed by atoms with Crippen LogP contribution in [0.15, 0.2) is 12.2 Å². The molecule has 0 aromatic carbocycles. The lowest BCUT2D eigenvalue weighted by Crippen LogP contribution is -2.67. The molecule has 5 fully saturated rings. The first-order valence-electron chi connectivity index (χ1n) is 15.1. The molecular weight excluding hydrogens is 476 g/mol. The maximum atomic E-state index is 13.4. The molecule has 38 heavy (non-hydrogen) atoms. The van der Waals surface area contributed by atoms with Crippen LogP contribution in [0.5, 0.6) is 0 Å². The van der Waals surface area contributed by atoms with Gasteiger partial charge in [0.05, 0.1) is 17.9 Å². The molecule has 5 aliphatic rings. The third-order valence-corrected chi connectivity index (χ3v) is 13.8. The Morgan fingerprint density at radius 1 is 0.895 bits per heavy atom. The summed E-state index contributed by atoms with van der Waals surface area (Å²) in [6.07, 6.45) is 9.77. The zero-order valence-corrected chi connectivity index (χ0v) is 24.9. The Hall–Kier alpha value is -1.65. The van der Waals surface area contributed by atoms with E-state index in [2.05, 4.69) is 41.2 Å². The van der Waals surface area contributed by atoms with E-state index >= 15 is 0 Å². The number of allylic oxidation sites excluding steroid dienone is 1. The van der Waals surface area contributed by atoms with Crippen molar-refractivity contribution in [2.45, 2.75) is 106 Å². The second kappa shape index (κ2) is 8.93. The molecule has 0 saturated heterocycles. The minimum Gasteiger partial charge on any atom is -0.469 e. The van der Waals surface area contributed by atoms with Gasteiger partial charge in [0.25, 0.3) is 0 Å². The van der Waals surface area contributed by atoms with Gasteiger partial charge in [-0.15, -0.1) is 0 Å². The van der Waals surface area contributed by atoms with Gasteiger partial charge in [-0.1, -0.05) is 32.9 Å². The van der Waals surface area contributed by atoms with Crippen molar-refractivity contribution >= 4 is 17.7 Å². The van der Waals surface area contributed by atoms with Crippen LogP contribution in [0.1, 0.15) is 106 Å². The van der Waals surface area contributed by atoms with Crippen molar-refractivity contribution in [3.05, 3.63) is 12.2 Å². The Bertz CT molecular complexity index is 1050. The molecule has 5 rings (SSSR count). The summed E-state index contributed by atoms with van der Waals surface area (Å²) < 4.78 is 11.0. The summed E-state index contributed by atoms with van der Waals surface area (Å²) in [4.78, 5) is 38.5. The highest BCUT2D eigenvalue weighted by Gasteiger charge is 2.72. The molecule has 0 aromatic heterocycles. The lowest BCUT2D eigenvalue weighted by Gasteiger charge is -2.72. The van der Waals surface area contributed by atoms with Crippen molar-refractivity contribution in [1.82, 2.24) is 0 Å². The molecule has 0 radical (unpaired) electrons. The van der Waals surface area contributed by atoms with Gasteiger partial charge in [-0.2, -0.15) is 0 Å². The van der Waals surface area contributed by atoms with Gasteiger partial charge in [-0.05, 0) is 117 Å². The van der Waals surface area contributed by atoms with Crippen LogP contribution in [0.3, 0.4) is 0 Å². The normalized spacial score (nSPS) is 49.7. The smallest absolute Gasteiger partial charge is 0.312 e. The fraction of sp³-hybridized carbons (Fsp3) is 0.848. The Balaban J connectivity index is 1.53. The fourth-order valence-corrected chi connectivity index (χ4v) is 11.8. The highest BCUT2D eigenvalue weighted by Crippen LogP contribution is 2.77. The maximum Gasteiger partial charge on any atom is 0.312 e. The van der Waals surface area contributed by atoms with Gasteiger partial charge < -0.3 is 9.47 Å². The van der Waals surface area contributed by atoms with Crippen LogP contribution in [-0.2, 0) is 23.9 Å². The molecule has 0 heterocycles. The molecule has 1 unspecified atom stereocenters. The van der Waals surface area contributed by atoms with E-state index in [1.165, 1.54) is 12.5 Å². The Morgan fingerprint density at radius 3 is 2.24 bits per heavy atom. The summed E-state index contributed by atoms with van der Waals surface area (Å²) in [6.45, 7) is 17.8. The number of ketones is 1. The van der Waals surface area contributed by atoms with E-state index in [1.54, 1.807) is 7.11 Å². The van der Waals surface area contributed by atoms with Crippen molar-refractivity contribution in [3.8, 4) is 0 Å². The minimum atomic E-state index is -0.610. The molecule has 0 aliphatic heterocycles. The van der Waals surface area contributed by atoms with Crippen molar-refractivity contribution in [3.63, 3.8) is 0 Å². The summed E-state index contributed by atoms with van der Waals surface area (Å²) >= 11 is 0. The number of carbonyl (C=O) groups excluding carboxylic acids is 3. The van der Waals surface area contributed by atoms with Crippen molar-refractivity contribution in [2.75, 3.05) is 13.7 Å². The van der Waals surface area contributed by atoms with Gasteiger partial charge >= 0.3 is 11.9 Å². The number of carbonyl (C=O) groups is 3. The largest absolute Gasteiger partial charge is 0.469 e. The maximum absolute atomic E-state index is 13.4. The molecule has 5 aliphatic carbocycles. The number of Topliss-reactive ketones (excluding diaryl/α,β-unsaturated/α-hetero) is 1. The molecule has 0 aromatic rings. The molecule has 0 N–H and O–H groups in total. The van der Waals surface area contributed by atoms with Crippen LogP contribution in [0, 0.1) is 56.7 Å². The molecule has 10 atom stereocenters. The first-order chi connectivity index (χ1) is 17.7. The average molecular weight is 527 g/mol. The van der Waals surface area contributed by atoms with Gasteiger partial charge in [0.2, 0.25) is 0 Å². The van der Waals surface area contributed by atoms with Crippen LogP contribution in [0.25, 0.3) is 0 Å². The van der Waals surface area contributed by atoms with E-state index in [9.17, 15) is 14.4 Å². The fourth-order valence-electron chi connectivity index (χ4n) is 11.8. The van der Waals surface area contributed by atoms with Crippen molar-refractivity contribution in [2.24, 2.45) is 56.7 Å². The summed E-state index contributed by atoms with van der Waals surface area (Å²) in [5.74, 6) is 1.85. The molecule has 5 heteroatoms.